The van der Waals surface area contributed by atoms with Crippen LogP contribution in [0.25, 0.3) is 11.0 Å². The van der Waals surface area contributed by atoms with Gasteiger partial charge in [0.1, 0.15) is 5.82 Å². The number of halogens is 1. The van der Waals surface area contributed by atoms with E-state index < -0.39 is 0 Å². The van der Waals surface area contributed by atoms with E-state index in [2.05, 4.69) is 16.0 Å². The third-order valence-electron chi connectivity index (χ3n) is 4.88. The Kier molecular flexibility index (Phi) is 3.64. The first kappa shape index (κ1) is 13.6. The van der Waals surface area contributed by atoms with Crippen LogP contribution in [0.1, 0.15) is 44.0 Å². The molecule has 21 heavy (non-hydrogen) atoms. The molecule has 0 atom stereocenters. The predicted molar refractivity (Wildman–Crippen MR) is 86.9 cm³/mol. The van der Waals surface area contributed by atoms with E-state index in [0.717, 1.165) is 28.4 Å². The maximum atomic E-state index is 6.43. The number of nitrogens with one attached hydrogen (secondary N) is 1. The van der Waals surface area contributed by atoms with Crippen molar-refractivity contribution in [1.82, 2.24) is 14.9 Å². The fourth-order valence-electron chi connectivity index (χ4n) is 3.56. The highest BCUT2D eigenvalue weighted by Gasteiger charge is 2.29. The minimum Gasteiger partial charge on any atom is -0.324 e. The molecule has 1 saturated heterocycles. The molecule has 0 spiro atoms. The fourth-order valence-corrected chi connectivity index (χ4v) is 3.82. The first-order valence-electron chi connectivity index (χ1n) is 8.19. The molecule has 1 N–H and O–H groups in total. The van der Waals surface area contributed by atoms with Crippen LogP contribution in [-0.2, 0) is 6.42 Å². The minimum absolute atomic E-state index is 0.637. The van der Waals surface area contributed by atoms with E-state index in [1.54, 1.807) is 0 Å². The van der Waals surface area contributed by atoms with E-state index in [0.29, 0.717) is 6.04 Å². The van der Waals surface area contributed by atoms with E-state index in [9.17, 15) is 0 Å². The van der Waals surface area contributed by atoms with Crippen LogP contribution in [-0.4, -0.2) is 22.6 Å². The topological polar surface area (TPSA) is 29.9 Å². The highest BCUT2D eigenvalue weighted by molar-refractivity contribution is 6.35. The summed E-state index contributed by atoms with van der Waals surface area (Å²) in [6, 6.07) is 6.72. The molecule has 2 heterocycles. The van der Waals surface area contributed by atoms with Gasteiger partial charge in [0.15, 0.2) is 0 Å². The third kappa shape index (κ3) is 2.69. The predicted octanol–water partition coefficient (Wildman–Crippen LogP) is 3.96. The summed E-state index contributed by atoms with van der Waals surface area (Å²) in [6.07, 6.45) is 7.52. The number of aryl methyl sites for hydroxylation is 1. The Labute approximate surface area is 130 Å². The van der Waals surface area contributed by atoms with Gasteiger partial charge in [-0.1, -0.05) is 17.7 Å². The second-order valence-corrected chi connectivity index (χ2v) is 6.88. The SMILES string of the molecule is Clc1cccc2nc(CCC3CCNCC3)n(C3CC3)c12. The molecule has 1 aliphatic heterocycles. The number of piperidine rings is 1. The number of imidazole rings is 1. The van der Waals surface area contributed by atoms with Crippen LogP contribution < -0.4 is 5.32 Å². The number of aromatic nitrogens is 2. The van der Waals surface area contributed by atoms with Crippen molar-refractivity contribution in [2.75, 3.05) is 13.1 Å². The molecular weight excluding hydrogens is 282 g/mol. The van der Waals surface area contributed by atoms with Crippen LogP contribution in [0.2, 0.25) is 5.02 Å². The first-order valence-corrected chi connectivity index (χ1v) is 8.57. The molecule has 0 unspecified atom stereocenters. The molecule has 3 nitrogen and oxygen atoms in total. The van der Waals surface area contributed by atoms with Crippen molar-refractivity contribution in [3.8, 4) is 0 Å². The number of para-hydroxylation sites is 1. The highest BCUT2D eigenvalue weighted by Crippen LogP contribution is 2.40. The van der Waals surface area contributed by atoms with Gasteiger partial charge in [-0.2, -0.15) is 0 Å². The Morgan fingerprint density at radius 3 is 2.76 bits per heavy atom. The second-order valence-electron chi connectivity index (χ2n) is 6.47. The molecule has 1 aromatic heterocycles. The van der Waals surface area contributed by atoms with Crippen molar-refractivity contribution in [1.29, 1.82) is 0 Å². The van der Waals surface area contributed by atoms with Crippen LogP contribution >= 0.6 is 11.6 Å². The van der Waals surface area contributed by atoms with Crippen LogP contribution in [0.5, 0.6) is 0 Å². The summed E-state index contributed by atoms with van der Waals surface area (Å²) < 4.78 is 2.43. The van der Waals surface area contributed by atoms with Crippen LogP contribution in [0, 0.1) is 5.92 Å². The lowest BCUT2D eigenvalue weighted by atomic mass is 9.93. The zero-order valence-electron chi connectivity index (χ0n) is 12.3. The average molecular weight is 304 g/mol. The molecule has 1 aliphatic carbocycles. The number of hydrogen-bond acceptors (Lipinski definition) is 2. The summed E-state index contributed by atoms with van der Waals surface area (Å²) in [4.78, 5) is 4.88. The molecule has 1 aromatic carbocycles. The summed E-state index contributed by atoms with van der Waals surface area (Å²) in [5.41, 5.74) is 2.22. The second kappa shape index (κ2) is 5.62. The molecular formula is C17H22ClN3. The van der Waals surface area contributed by atoms with Crippen LogP contribution in [0.3, 0.4) is 0 Å². The quantitative estimate of drug-likeness (QED) is 0.926. The Balaban J connectivity index is 1.61. The summed E-state index contributed by atoms with van der Waals surface area (Å²) in [7, 11) is 0. The normalized spacial score (nSPS) is 20.2. The van der Waals surface area contributed by atoms with Crippen molar-refractivity contribution in [3.05, 3.63) is 29.0 Å². The number of hydrogen-bond donors (Lipinski definition) is 1. The molecule has 0 radical (unpaired) electrons. The van der Waals surface area contributed by atoms with Gasteiger partial charge in [-0.3, -0.25) is 0 Å². The molecule has 4 heteroatoms. The standard InChI is InChI=1S/C17H22ClN3/c18-14-2-1-3-15-17(14)21(13-5-6-13)16(20-15)7-4-12-8-10-19-11-9-12/h1-3,12-13,19H,4-11H2. The maximum Gasteiger partial charge on any atom is 0.110 e. The number of rotatable bonds is 4. The minimum atomic E-state index is 0.637. The Morgan fingerprint density at radius 2 is 2.00 bits per heavy atom. The molecule has 1 saturated carbocycles. The summed E-state index contributed by atoms with van der Waals surface area (Å²) >= 11 is 6.43. The number of fused-ring (bicyclic) bond motifs is 1. The van der Waals surface area contributed by atoms with Gasteiger partial charge < -0.3 is 9.88 Å². The van der Waals surface area contributed by atoms with Gasteiger partial charge in [-0.25, -0.2) is 4.98 Å². The largest absolute Gasteiger partial charge is 0.324 e. The van der Waals surface area contributed by atoms with E-state index in [-0.39, 0.29) is 0 Å². The summed E-state index contributed by atoms with van der Waals surface area (Å²) in [5.74, 6) is 2.10. The van der Waals surface area contributed by atoms with E-state index in [1.165, 1.54) is 51.0 Å². The van der Waals surface area contributed by atoms with Crippen LogP contribution in [0.4, 0.5) is 0 Å². The molecule has 0 bridgehead atoms. The molecule has 2 aliphatic rings. The molecule has 2 fully saturated rings. The summed E-state index contributed by atoms with van der Waals surface area (Å²) in [6.45, 7) is 2.35. The van der Waals surface area contributed by atoms with Gasteiger partial charge in [0, 0.05) is 12.5 Å². The average Bonchev–Trinajstić information content (AvgIpc) is 3.27. The molecule has 2 aromatic rings. The first-order chi connectivity index (χ1) is 10.3. The smallest absolute Gasteiger partial charge is 0.110 e. The van der Waals surface area contributed by atoms with Crippen molar-refractivity contribution < 1.29 is 0 Å². The summed E-state index contributed by atoms with van der Waals surface area (Å²) in [5, 5.41) is 4.29. The van der Waals surface area contributed by atoms with Crippen molar-refractivity contribution >= 4 is 22.6 Å². The van der Waals surface area contributed by atoms with Gasteiger partial charge in [0.25, 0.3) is 0 Å². The Hall–Kier alpha value is -1.06. The van der Waals surface area contributed by atoms with Gasteiger partial charge in [0.05, 0.1) is 16.1 Å². The number of nitrogens with zero attached hydrogens (tertiary/aromatic N) is 2. The zero-order chi connectivity index (χ0) is 14.2. The Bertz CT molecular complexity index is 639. The monoisotopic (exact) mass is 303 g/mol. The van der Waals surface area contributed by atoms with E-state index in [4.69, 9.17) is 16.6 Å². The highest BCUT2D eigenvalue weighted by atomic mass is 35.5. The van der Waals surface area contributed by atoms with E-state index >= 15 is 0 Å². The van der Waals surface area contributed by atoms with Crippen LogP contribution in [0.15, 0.2) is 18.2 Å². The fraction of sp³-hybridized carbons (Fsp3) is 0.588. The molecule has 4 rings (SSSR count). The van der Waals surface area contributed by atoms with E-state index in [1.807, 2.05) is 12.1 Å². The van der Waals surface area contributed by atoms with Gasteiger partial charge >= 0.3 is 0 Å². The third-order valence-corrected chi connectivity index (χ3v) is 5.19. The van der Waals surface area contributed by atoms with Crippen molar-refractivity contribution in [2.45, 2.75) is 44.6 Å². The van der Waals surface area contributed by atoms with Gasteiger partial charge in [-0.05, 0) is 63.2 Å². The van der Waals surface area contributed by atoms with Crippen molar-refractivity contribution in [2.24, 2.45) is 5.92 Å². The van der Waals surface area contributed by atoms with Gasteiger partial charge in [-0.15, -0.1) is 0 Å². The lowest BCUT2D eigenvalue weighted by Gasteiger charge is -2.22. The lowest BCUT2D eigenvalue weighted by Crippen LogP contribution is -2.28. The molecule has 112 valence electrons. The Morgan fingerprint density at radius 1 is 1.19 bits per heavy atom. The number of benzene rings is 1. The van der Waals surface area contributed by atoms with Crippen molar-refractivity contribution in [3.63, 3.8) is 0 Å². The van der Waals surface area contributed by atoms with Gasteiger partial charge in [0.2, 0.25) is 0 Å². The maximum absolute atomic E-state index is 6.43. The molecule has 0 amide bonds. The lowest BCUT2D eigenvalue weighted by molar-refractivity contribution is 0.351. The zero-order valence-corrected chi connectivity index (χ0v) is 13.1.